The number of ether oxygens (including phenoxy) is 1. The van der Waals surface area contributed by atoms with Crippen molar-refractivity contribution >= 4 is 15.9 Å². The van der Waals surface area contributed by atoms with Crippen LogP contribution >= 0.6 is 15.9 Å². The Kier molecular flexibility index (Phi) is 7.06. The summed E-state index contributed by atoms with van der Waals surface area (Å²) in [5.41, 5.74) is 2.27. The monoisotopic (exact) mass is 420 g/mol. The number of rotatable bonds is 7. The molecule has 0 saturated carbocycles. The lowest BCUT2D eigenvalue weighted by Crippen LogP contribution is -2.44. The van der Waals surface area contributed by atoms with Crippen LogP contribution in [-0.4, -0.2) is 49.6 Å². The highest BCUT2D eigenvalue weighted by Crippen LogP contribution is 2.27. The first kappa shape index (κ1) is 19.3. The molecule has 0 amide bonds. The van der Waals surface area contributed by atoms with E-state index >= 15 is 0 Å². The Balaban J connectivity index is 1.45. The van der Waals surface area contributed by atoms with Crippen LogP contribution < -0.4 is 4.74 Å². The summed E-state index contributed by atoms with van der Waals surface area (Å²) in [7, 11) is 2.19. The van der Waals surface area contributed by atoms with E-state index < -0.39 is 0 Å². The van der Waals surface area contributed by atoms with Crippen LogP contribution in [0.5, 0.6) is 5.75 Å². The number of hydrogen-bond acceptors (Lipinski definition) is 3. The lowest BCUT2D eigenvalue weighted by atomic mass is 10.1. The number of likely N-dealkylation sites (N-methyl/N-ethyl adjacent to an activating group) is 1. The van der Waals surface area contributed by atoms with Crippen molar-refractivity contribution in [1.29, 1.82) is 0 Å². The molecule has 3 rings (SSSR count). The van der Waals surface area contributed by atoms with Gasteiger partial charge in [-0.1, -0.05) is 18.2 Å². The van der Waals surface area contributed by atoms with Crippen LogP contribution in [0.25, 0.3) is 0 Å². The zero-order valence-corrected chi connectivity index (χ0v) is 16.8. The average molecular weight is 421 g/mol. The van der Waals surface area contributed by atoms with Crippen molar-refractivity contribution in [1.82, 2.24) is 9.80 Å². The van der Waals surface area contributed by atoms with E-state index in [0.29, 0.717) is 6.61 Å². The zero-order valence-electron chi connectivity index (χ0n) is 15.3. The lowest BCUT2D eigenvalue weighted by molar-refractivity contribution is 0.153. The quantitative estimate of drug-likeness (QED) is 0.661. The molecule has 1 aliphatic rings. The van der Waals surface area contributed by atoms with Gasteiger partial charge in [0.2, 0.25) is 0 Å². The maximum absolute atomic E-state index is 12.9. The van der Waals surface area contributed by atoms with E-state index in [4.69, 9.17) is 4.74 Å². The van der Waals surface area contributed by atoms with Gasteiger partial charge in [-0.2, -0.15) is 0 Å². The Labute approximate surface area is 163 Å². The summed E-state index contributed by atoms with van der Waals surface area (Å²) in [6.45, 7) is 6.29. The fourth-order valence-corrected chi connectivity index (χ4v) is 3.68. The molecule has 0 N–H and O–H groups in total. The van der Waals surface area contributed by atoms with Crippen LogP contribution in [0.4, 0.5) is 4.39 Å². The summed E-state index contributed by atoms with van der Waals surface area (Å²) >= 11 is 3.61. The number of benzene rings is 2. The maximum Gasteiger partial charge on any atom is 0.134 e. The van der Waals surface area contributed by atoms with Crippen LogP contribution in [0.15, 0.2) is 46.9 Å². The first-order valence-electron chi connectivity index (χ1n) is 9.17. The summed E-state index contributed by atoms with van der Waals surface area (Å²) in [4.78, 5) is 4.94. The van der Waals surface area contributed by atoms with E-state index in [-0.39, 0.29) is 5.82 Å². The molecular formula is C21H26BrFN2O. The highest BCUT2D eigenvalue weighted by molar-refractivity contribution is 9.10. The zero-order chi connectivity index (χ0) is 18.4. The third kappa shape index (κ3) is 5.79. The van der Waals surface area contributed by atoms with Crippen molar-refractivity contribution in [2.24, 2.45) is 0 Å². The molecule has 140 valence electrons. The number of aryl methyl sites for hydroxylation is 1. The van der Waals surface area contributed by atoms with Crippen LogP contribution in [-0.2, 0) is 13.0 Å². The van der Waals surface area contributed by atoms with Crippen molar-refractivity contribution in [3.63, 3.8) is 0 Å². The van der Waals surface area contributed by atoms with Gasteiger partial charge in [0.15, 0.2) is 0 Å². The van der Waals surface area contributed by atoms with Crippen molar-refractivity contribution in [2.45, 2.75) is 19.4 Å². The van der Waals surface area contributed by atoms with Crippen molar-refractivity contribution < 1.29 is 9.13 Å². The molecule has 1 fully saturated rings. The minimum absolute atomic E-state index is 0.226. The van der Waals surface area contributed by atoms with E-state index in [1.54, 1.807) is 12.1 Å². The second kappa shape index (κ2) is 9.49. The largest absolute Gasteiger partial charge is 0.488 e. The van der Waals surface area contributed by atoms with Crippen molar-refractivity contribution in [3.05, 3.63) is 63.9 Å². The Hall–Kier alpha value is -1.43. The minimum Gasteiger partial charge on any atom is -0.488 e. The summed E-state index contributed by atoms with van der Waals surface area (Å²) in [5.74, 6) is 0.591. The average Bonchev–Trinajstić information content (AvgIpc) is 2.64. The molecule has 1 heterocycles. The van der Waals surface area contributed by atoms with Gasteiger partial charge in [0.05, 0.1) is 4.47 Å². The van der Waals surface area contributed by atoms with Gasteiger partial charge in [-0.15, -0.1) is 0 Å². The standard InChI is InChI=1S/C21H26BrFN2O/c1-24-11-13-25(14-12-24)10-2-3-17-6-9-21(20(22)15-17)26-16-18-4-7-19(23)8-5-18/h4-9,15H,2-3,10-14,16H2,1H3. The predicted octanol–water partition coefficient (Wildman–Crippen LogP) is 4.35. The van der Waals surface area contributed by atoms with Gasteiger partial charge < -0.3 is 14.5 Å². The Morgan fingerprint density at radius 3 is 2.38 bits per heavy atom. The normalized spacial score (nSPS) is 16.0. The van der Waals surface area contributed by atoms with Gasteiger partial charge >= 0.3 is 0 Å². The fraction of sp³-hybridized carbons (Fsp3) is 0.429. The predicted molar refractivity (Wildman–Crippen MR) is 107 cm³/mol. The van der Waals surface area contributed by atoms with Gasteiger partial charge in [-0.3, -0.25) is 0 Å². The Morgan fingerprint density at radius 1 is 1.00 bits per heavy atom. The third-order valence-corrected chi connectivity index (χ3v) is 5.46. The summed E-state index contributed by atoms with van der Waals surface area (Å²) in [5, 5.41) is 0. The summed E-state index contributed by atoms with van der Waals surface area (Å²) in [6.07, 6.45) is 2.25. The molecule has 0 aromatic heterocycles. The molecule has 5 heteroatoms. The second-order valence-electron chi connectivity index (χ2n) is 6.93. The number of halogens is 2. The molecule has 2 aromatic rings. The highest BCUT2D eigenvalue weighted by Gasteiger charge is 2.13. The summed E-state index contributed by atoms with van der Waals surface area (Å²) in [6, 6.07) is 12.7. The van der Waals surface area contributed by atoms with Gasteiger partial charge in [0.1, 0.15) is 18.2 Å². The number of nitrogens with zero attached hydrogens (tertiary/aromatic N) is 2. The Bertz CT molecular complexity index is 700. The molecule has 0 spiro atoms. The molecule has 0 unspecified atom stereocenters. The van der Waals surface area contributed by atoms with Gasteiger partial charge in [-0.25, -0.2) is 4.39 Å². The molecule has 1 saturated heterocycles. The molecule has 26 heavy (non-hydrogen) atoms. The molecule has 0 aliphatic carbocycles. The minimum atomic E-state index is -0.226. The number of hydrogen-bond donors (Lipinski definition) is 0. The van der Waals surface area contributed by atoms with Crippen LogP contribution in [0, 0.1) is 5.82 Å². The number of piperazine rings is 1. The van der Waals surface area contributed by atoms with Crippen molar-refractivity contribution in [2.75, 3.05) is 39.8 Å². The van der Waals surface area contributed by atoms with Crippen LogP contribution in [0.3, 0.4) is 0 Å². The van der Waals surface area contributed by atoms with Crippen molar-refractivity contribution in [3.8, 4) is 5.75 Å². The van der Waals surface area contributed by atoms with E-state index in [0.717, 1.165) is 28.8 Å². The smallest absolute Gasteiger partial charge is 0.134 e. The Morgan fingerprint density at radius 2 is 1.69 bits per heavy atom. The summed E-state index contributed by atoms with van der Waals surface area (Å²) < 4.78 is 19.8. The molecule has 0 bridgehead atoms. The van der Waals surface area contributed by atoms with Crippen LogP contribution in [0.2, 0.25) is 0 Å². The van der Waals surface area contributed by atoms with E-state index in [1.165, 1.54) is 50.3 Å². The van der Waals surface area contributed by atoms with E-state index in [1.807, 2.05) is 6.07 Å². The third-order valence-electron chi connectivity index (χ3n) is 4.84. The van der Waals surface area contributed by atoms with Gasteiger partial charge in [-0.05, 0) is 77.8 Å². The van der Waals surface area contributed by atoms with E-state index in [9.17, 15) is 4.39 Å². The van der Waals surface area contributed by atoms with Gasteiger partial charge in [0, 0.05) is 26.2 Å². The first-order chi connectivity index (χ1) is 12.6. The SMILES string of the molecule is CN1CCN(CCCc2ccc(OCc3ccc(F)cc3)c(Br)c2)CC1. The molecule has 1 aliphatic heterocycles. The van der Waals surface area contributed by atoms with Crippen LogP contribution in [0.1, 0.15) is 17.5 Å². The lowest BCUT2D eigenvalue weighted by Gasteiger charge is -2.32. The highest BCUT2D eigenvalue weighted by atomic mass is 79.9. The molecular weight excluding hydrogens is 395 g/mol. The fourth-order valence-electron chi connectivity index (χ4n) is 3.14. The van der Waals surface area contributed by atoms with Gasteiger partial charge in [0.25, 0.3) is 0 Å². The molecule has 2 aromatic carbocycles. The second-order valence-corrected chi connectivity index (χ2v) is 7.78. The topological polar surface area (TPSA) is 15.7 Å². The molecule has 0 atom stereocenters. The van der Waals surface area contributed by atoms with E-state index in [2.05, 4.69) is 44.9 Å². The molecule has 0 radical (unpaired) electrons. The molecule has 3 nitrogen and oxygen atoms in total. The maximum atomic E-state index is 12.9. The first-order valence-corrected chi connectivity index (χ1v) is 9.96.